The molecule has 1 aliphatic carbocycles. The third-order valence-corrected chi connectivity index (χ3v) is 4.14. The highest BCUT2D eigenvalue weighted by Crippen LogP contribution is 2.35. The van der Waals surface area contributed by atoms with Gasteiger partial charge in [0.05, 0.1) is 0 Å². The zero-order valence-electron chi connectivity index (χ0n) is 9.88. The second-order valence-electron chi connectivity index (χ2n) is 4.39. The molecule has 0 aromatic heterocycles. The van der Waals surface area contributed by atoms with E-state index in [1.807, 2.05) is 0 Å². The van der Waals surface area contributed by atoms with Crippen molar-refractivity contribution in [2.24, 2.45) is 5.92 Å². The molecule has 1 nitrogen and oxygen atoms in total. The highest BCUT2D eigenvalue weighted by molar-refractivity contribution is 7.99. The maximum Gasteiger partial charge on any atom is 0.139 e. The lowest BCUT2D eigenvalue weighted by Gasteiger charge is -2.16. The Morgan fingerprint density at radius 2 is 2.18 bits per heavy atom. The summed E-state index contributed by atoms with van der Waals surface area (Å²) >= 11 is 1.47. The predicted molar refractivity (Wildman–Crippen MR) is 67.3 cm³/mol. The van der Waals surface area contributed by atoms with Gasteiger partial charge in [-0.2, -0.15) is 0 Å². The molecule has 0 radical (unpaired) electrons. The highest BCUT2D eigenvalue weighted by Gasteiger charge is 2.30. The van der Waals surface area contributed by atoms with Crippen molar-refractivity contribution >= 4 is 11.8 Å². The van der Waals surface area contributed by atoms with Crippen LogP contribution in [0.15, 0.2) is 23.1 Å². The van der Waals surface area contributed by atoms with E-state index in [2.05, 4.69) is 12.2 Å². The van der Waals surface area contributed by atoms with E-state index in [0.717, 1.165) is 24.3 Å². The van der Waals surface area contributed by atoms with Gasteiger partial charge in [0.1, 0.15) is 11.6 Å². The van der Waals surface area contributed by atoms with Crippen LogP contribution in [0.1, 0.15) is 19.8 Å². The molecule has 1 atom stereocenters. The summed E-state index contributed by atoms with van der Waals surface area (Å²) in [5, 5.41) is 3.43. The lowest BCUT2D eigenvalue weighted by atomic mass is 10.2. The zero-order valence-corrected chi connectivity index (χ0v) is 10.7. The van der Waals surface area contributed by atoms with Crippen molar-refractivity contribution in [2.75, 3.05) is 12.3 Å². The quantitative estimate of drug-likeness (QED) is 0.783. The van der Waals surface area contributed by atoms with Crippen molar-refractivity contribution in [3.63, 3.8) is 0 Å². The van der Waals surface area contributed by atoms with Crippen molar-refractivity contribution < 1.29 is 8.78 Å². The van der Waals surface area contributed by atoms with Crippen molar-refractivity contribution in [1.29, 1.82) is 0 Å². The minimum atomic E-state index is -0.516. The average Bonchev–Trinajstić information content (AvgIpc) is 3.10. The van der Waals surface area contributed by atoms with Gasteiger partial charge in [-0.25, -0.2) is 8.78 Å². The standard InChI is InChI=1S/C13H17F2NS/c1-2-16-12(9-3-4-9)8-17-13-6-5-10(14)7-11(13)15/h5-7,9,12,16H,2-4,8H2,1H3. The first-order valence-electron chi connectivity index (χ1n) is 6.02. The molecule has 1 saturated carbocycles. The van der Waals surface area contributed by atoms with Gasteiger partial charge in [0.25, 0.3) is 0 Å². The first-order valence-corrected chi connectivity index (χ1v) is 7.00. The minimum Gasteiger partial charge on any atom is -0.313 e. The molecule has 0 amide bonds. The average molecular weight is 257 g/mol. The Morgan fingerprint density at radius 3 is 2.76 bits per heavy atom. The summed E-state index contributed by atoms with van der Waals surface area (Å²) in [6.45, 7) is 3.02. The molecule has 1 fully saturated rings. The minimum absolute atomic E-state index is 0.453. The number of halogens is 2. The number of benzene rings is 1. The number of rotatable bonds is 6. The molecule has 0 spiro atoms. The van der Waals surface area contributed by atoms with E-state index in [1.54, 1.807) is 0 Å². The predicted octanol–water partition coefficient (Wildman–Crippen LogP) is 3.45. The Labute approximate surface area is 105 Å². The van der Waals surface area contributed by atoms with E-state index in [4.69, 9.17) is 0 Å². The van der Waals surface area contributed by atoms with Crippen LogP contribution in [0.4, 0.5) is 8.78 Å². The van der Waals surface area contributed by atoms with Crippen LogP contribution in [-0.2, 0) is 0 Å². The van der Waals surface area contributed by atoms with Crippen LogP contribution in [0.5, 0.6) is 0 Å². The highest BCUT2D eigenvalue weighted by atomic mass is 32.2. The third-order valence-electron chi connectivity index (χ3n) is 2.97. The van der Waals surface area contributed by atoms with Gasteiger partial charge >= 0.3 is 0 Å². The van der Waals surface area contributed by atoms with Gasteiger partial charge in [-0.3, -0.25) is 0 Å². The molecular weight excluding hydrogens is 240 g/mol. The summed E-state index contributed by atoms with van der Waals surface area (Å²) in [7, 11) is 0. The Balaban J connectivity index is 1.91. The van der Waals surface area contributed by atoms with Gasteiger partial charge in [0, 0.05) is 22.8 Å². The molecule has 4 heteroatoms. The van der Waals surface area contributed by atoms with Crippen LogP contribution < -0.4 is 5.32 Å². The second kappa shape index (κ2) is 5.83. The first kappa shape index (κ1) is 12.8. The third kappa shape index (κ3) is 3.68. The molecule has 1 unspecified atom stereocenters. The van der Waals surface area contributed by atoms with Gasteiger partial charge in [-0.1, -0.05) is 6.92 Å². The molecule has 1 aliphatic rings. The van der Waals surface area contributed by atoms with Crippen LogP contribution in [-0.4, -0.2) is 18.3 Å². The molecule has 94 valence electrons. The summed E-state index contributed by atoms with van der Waals surface area (Å²) in [6.07, 6.45) is 2.54. The van der Waals surface area contributed by atoms with Crippen LogP contribution >= 0.6 is 11.8 Å². The molecule has 0 saturated heterocycles. The van der Waals surface area contributed by atoms with Gasteiger partial charge in [-0.15, -0.1) is 11.8 Å². The van der Waals surface area contributed by atoms with Gasteiger partial charge < -0.3 is 5.32 Å². The van der Waals surface area contributed by atoms with Gasteiger partial charge in [0.15, 0.2) is 0 Å². The van der Waals surface area contributed by atoms with E-state index in [-0.39, 0.29) is 0 Å². The largest absolute Gasteiger partial charge is 0.313 e. The zero-order chi connectivity index (χ0) is 12.3. The van der Waals surface area contributed by atoms with Crippen molar-refractivity contribution in [1.82, 2.24) is 5.32 Å². The molecule has 0 aliphatic heterocycles. The molecule has 1 aromatic carbocycles. The van der Waals surface area contributed by atoms with E-state index in [9.17, 15) is 8.78 Å². The fraction of sp³-hybridized carbons (Fsp3) is 0.538. The van der Waals surface area contributed by atoms with E-state index in [0.29, 0.717) is 10.9 Å². The van der Waals surface area contributed by atoms with Crippen molar-refractivity contribution in [2.45, 2.75) is 30.7 Å². The van der Waals surface area contributed by atoms with E-state index < -0.39 is 11.6 Å². The number of nitrogens with one attached hydrogen (secondary N) is 1. The number of hydrogen-bond acceptors (Lipinski definition) is 2. The Bertz CT molecular complexity index is 380. The van der Waals surface area contributed by atoms with Crippen LogP contribution in [0, 0.1) is 17.6 Å². The molecule has 0 heterocycles. The van der Waals surface area contributed by atoms with E-state index >= 15 is 0 Å². The van der Waals surface area contributed by atoms with Crippen LogP contribution in [0.2, 0.25) is 0 Å². The SMILES string of the molecule is CCNC(CSc1ccc(F)cc1F)C1CC1. The molecule has 2 rings (SSSR count). The summed E-state index contributed by atoms with van der Waals surface area (Å²) < 4.78 is 26.2. The fourth-order valence-electron chi connectivity index (χ4n) is 1.89. The van der Waals surface area contributed by atoms with E-state index in [1.165, 1.54) is 36.7 Å². The molecule has 1 aromatic rings. The normalized spacial score (nSPS) is 17.1. The Morgan fingerprint density at radius 1 is 1.41 bits per heavy atom. The van der Waals surface area contributed by atoms with Gasteiger partial charge in [0.2, 0.25) is 0 Å². The smallest absolute Gasteiger partial charge is 0.139 e. The molecule has 17 heavy (non-hydrogen) atoms. The summed E-state index contributed by atoms with van der Waals surface area (Å²) in [5.74, 6) is 0.616. The second-order valence-corrected chi connectivity index (χ2v) is 5.45. The number of thioether (sulfide) groups is 1. The summed E-state index contributed by atoms with van der Waals surface area (Å²) in [4.78, 5) is 0.537. The lowest BCUT2D eigenvalue weighted by molar-refractivity contribution is 0.518. The maximum absolute atomic E-state index is 13.4. The molecule has 1 N–H and O–H groups in total. The first-order chi connectivity index (χ1) is 8.20. The fourth-order valence-corrected chi connectivity index (χ4v) is 3.00. The topological polar surface area (TPSA) is 12.0 Å². The maximum atomic E-state index is 13.4. The number of hydrogen-bond donors (Lipinski definition) is 1. The van der Waals surface area contributed by atoms with Crippen molar-refractivity contribution in [3.05, 3.63) is 29.8 Å². The van der Waals surface area contributed by atoms with Gasteiger partial charge in [-0.05, 0) is 37.4 Å². The Hall–Kier alpha value is -0.610. The van der Waals surface area contributed by atoms with Crippen LogP contribution in [0.3, 0.4) is 0 Å². The van der Waals surface area contributed by atoms with Crippen LogP contribution in [0.25, 0.3) is 0 Å². The lowest BCUT2D eigenvalue weighted by Crippen LogP contribution is -2.33. The van der Waals surface area contributed by atoms with Crippen molar-refractivity contribution in [3.8, 4) is 0 Å². The summed E-state index contributed by atoms with van der Waals surface area (Å²) in [6, 6.07) is 4.23. The Kier molecular flexibility index (Phi) is 4.40. The summed E-state index contributed by atoms with van der Waals surface area (Å²) in [5.41, 5.74) is 0. The molecule has 0 bridgehead atoms. The monoisotopic (exact) mass is 257 g/mol. The molecular formula is C13H17F2NS.